The van der Waals surface area contributed by atoms with E-state index in [0.29, 0.717) is 16.5 Å². The maximum absolute atomic E-state index is 12.8. The van der Waals surface area contributed by atoms with Gasteiger partial charge in [-0.2, -0.15) is 13.2 Å². The van der Waals surface area contributed by atoms with Crippen LogP contribution in [0.15, 0.2) is 48.7 Å². The average molecular weight is 366 g/mol. The van der Waals surface area contributed by atoms with Gasteiger partial charge in [-0.1, -0.05) is 35.9 Å². The first-order valence-corrected chi connectivity index (χ1v) is 7.53. The molecule has 0 atom stereocenters. The van der Waals surface area contributed by atoms with E-state index in [2.05, 4.69) is 4.98 Å². The Labute approximate surface area is 146 Å². The van der Waals surface area contributed by atoms with Gasteiger partial charge in [-0.3, -0.25) is 4.98 Å². The van der Waals surface area contributed by atoms with Crippen molar-refractivity contribution < 1.29 is 22.7 Å². The third kappa shape index (κ3) is 3.30. The monoisotopic (exact) mass is 365 g/mol. The molecule has 1 heterocycles. The van der Waals surface area contributed by atoms with Crippen LogP contribution in [0, 0.1) is 0 Å². The minimum Gasteiger partial charge on any atom is -0.465 e. The molecule has 0 fully saturated rings. The molecule has 0 amide bonds. The number of aromatic nitrogens is 1. The van der Waals surface area contributed by atoms with Gasteiger partial charge in [-0.25, -0.2) is 4.79 Å². The number of methoxy groups -OCH3 is 1. The van der Waals surface area contributed by atoms with Gasteiger partial charge in [0.25, 0.3) is 0 Å². The first kappa shape index (κ1) is 17.2. The number of hydrogen-bond acceptors (Lipinski definition) is 3. The van der Waals surface area contributed by atoms with Crippen LogP contribution < -0.4 is 0 Å². The molecule has 25 heavy (non-hydrogen) atoms. The number of benzene rings is 2. The van der Waals surface area contributed by atoms with Gasteiger partial charge in [-0.05, 0) is 29.0 Å². The van der Waals surface area contributed by atoms with Crippen LogP contribution in [0.2, 0.25) is 5.02 Å². The zero-order valence-corrected chi connectivity index (χ0v) is 13.7. The molecule has 0 unspecified atom stereocenters. The number of fused-ring (bicyclic) bond motifs is 1. The summed E-state index contributed by atoms with van der Waals surface area (Å²) in [5.74, 6) is -0.511. The summed E-state index contributed by atoms with van der Waals surface area (Å²) in [7, 11) is 1.27. The van der Waals surface area contributed by atoms with E-state index in [9.17, 15) is 18.0 Å². The maximum atomic E-state index is 12.8. The first-order valence-electron chi connectivity index (χ1n) is 7.15. The minimum absolute atomic E-state index is 0.120. The molecule has 0 saturated carbocycles. The summed E-state index contributed by atoms with van der Waals surface area (Å²) >= 11 is 6.05. The molecule has 3 rings (SSSR count). The van der Waals surface area contributed by atoms with Crippen molar-refractivity contribution in [2.45, 2.75) is 6.18 Å². The zero-order valence-electron chi connectivity index (χ0n) is 12.9. The van der Waals surface area contributed by atoms with Crippen molar-refractivity contribution in [2.75, 3.05) is 7.11 Å². The van der Waals surface area contributed by atoms with Gasteiger partial charge >= 0.3 is 12.1 Å². The summed E-state index contributed by atoms with van der Waals surface area (Å²) in [5, 5.41) is 1.31. The number of carbonyl (C=O) groups is 1. The van der Waals surface area contributed by atoms with E-state index in [1.807, 2.05) is 6.07 Å². The van der Waals surface area contributed by atoms with Gasteiger partial charge in [-0.15, -0.1) is 0 Å². The molecule has 0 aliphatic heterocycles. The van der Waals surface area contributed by atoms with E-state index in [-0.39, 0.29) is 10.7 Å². The number of ether oxygens (including phenoxy) is 1. The van der Waals surface area contributed by atoms with Crippen LogP contribution in [-0.2, 0) is 10.9 Å². The number of carbonyl (C=O) groups excluding carboxylic acids is 1. The molecule has 0 bridgehead atoms. The highest BCUT2D eigenvalue weighted by atomic mass is 35.5. The molecular weight excluding hydrogens is 355 g/mol. The predicted molar refractivity (Wildman–Crippen MR) is 88.5 cm³/mol. The fraction of sp³-hybridized carbons (Fsp3) is 0.111. The predicted octanol–water partition coefficient (Wildman–Crippen LogP) is 5.36. The lowest BCUT2D eigenvalue weighted by Gasteiger charge is -2.11. The second kappa shape index (κ2) is 6.37. The Balaban J connectivity index is 2.20. The summed E-state index contributed by atoms with van der Waals surface area (Å²) in [6.07, 6.45) is -3.78. The minimum atomic E-state index is -4.52. The maximum Gasteiger partial charge on any atom is 0.417 e. The topological polar surface area (TPSA) is 39.2 Å². The van der Waals surface area contributed by atoms with Crippen molar-refractivity contribution >= 4 is 28.3 Å². The molecule has 0 aliphatic carbocycles. The van der Waals surface area contributed by atoms with Crippen LogP contribution in [0.5, 0.6) is 0 Å². The summed E-state index contributed by atoms with van der Waals surface area (Å²) in [5.41, 5.74) is 0.145. The van der Waals surface area contributed by atoms with Crippen LogP contribution in [0.4, 0.5) is 13.2 Å². The molecular formula is C18H11ClF3NO2. The molecule has 0 spiro atoms. The molecule has 3 nitrogen and oxygen atoms in total. The Hall–Kier alpha value is -2.60. The van der Waals surface area contributed by atoms with Gasteiger partial charge < -0.3 is 4.74 Å². The lowest BCUT2D eigenvalue weighted by molar-refractivity contribution is -0.137. The largest absolute Gasteiger partial charge is 0.465 e. The Morgan fingerprint density at radius 1 is 1.16 bits per heavy atom. The second-order valence-corrected chi connectivity index (χ2v) is 5.69. The number of pyridine rings is 1. The number of esters is 1. The van der Waals surface area contributed by atoms with Crippen LogP contribution in [0.3, 0.4) is 0 Å². The van der Waals surface area contributed by atoms with E-state index < -0.39 is 17.7 Å². The van der Waals surface area contributed by atoms with Crippen LogP contribution in [0.25, 0.3) is 22.0 Å². The second-order valence-electron chi connectivity index (χ2n) is 5.29. The van der Waals surface area contributed by atoms with Gasteiger partial charge in [0.15, 0.2) is 0 Å². The highest BCUT2D eigenvalue weighted by Crippen LogP contribution is 2.36. The van der Waals surface area contributed by atoms with Crippen molar-refractivity contribution in [1.29, 1.82) is 0 Å². The molecule has 2 aromatic carbocycles. The number of rotatable bonds is 2. The van der Waals surface area contributed by atoms with E-state index >= 15 is 0 Å². The summed E-state index contributed by atoms with van der Waals surface area (Å²) in [4.78, 5) is 15.6. The van der Waals surface area contributed by atoms with Crippen LogP contribution >= 0.6 is 11.6 Å². The van der Waals surface area contributed by atoms with Crippen molar-refractivity contribution in [1.82, 2.24) is 4.98 Å². The summed E-state index contributed by atoms with van der Waals surface area (Å²) in [6, 6.07) is 11.0. The quantitative estimate of drug-likeness (QED) is 0.574. The Morgan fingerprint density at radius 3 is 2.56 bits per heavy atom. The van der Waals surface area contributed by atoms with Crippen molar-refractivity contribution in [3.63, 3.8) is 0 Å². The third-order valence-corrected chi connectivity index (χ3v) is 4.01. The Bertz CT molecular complexity index is 970. The smallest absolute Gasteiger partial charge is 0.417 e. The van der Waals surface area contributed by atoms with E-state index in [4.69, 9.17) is 16.3 Å². The molecule has 0 N–H and O–H groups in total. The molecule has 128 valence electrons. The summed E-state index contributed by atoms with van der Waals surface area (Å²) < 4.78 is 43.1. The van der Waals surface area contributed by atoms with Crippen molar-refractivity contribution in [2.24, 2.45) is 0 Å². The van der Waals surface area contributed by atoms with Gasteiger partial charge in [0.2, 0.25) is 0 Å². The van der Waals surface area contributed by atoms with E-state index in [1.54, 1.807) is 30.3 Å². The van der Waals surface area contributed by atoms with E-state index in [1.165, 1.54) is 7.11 Å². The average Bonchev–Trinajstić information content (AvgIpc) is 2.59. The fourth-order valence-corrected chi connectivity index (χ4v) is 2.78. The number of nitrogens with zero attached hydrogens (tertiary/aromatic N) is 1. The fourth-order valence-electron chi connectivity index (χ4n) is 2.52. The number of halogens is 4. The molecule has 1 aromatic heterocycles. The number of hydrogen-bond donors (Lipinski definition) is 0. The highest BCUT2D eigenvalue weighted by molar-refractivity contribution is 6.33. The van der Waals surface area contributed by atoms with Gasteiger partial charge in [0.1, 0.15) is 0 Å². The zero-order chi connectivity index (χ0) is 18.2. The molecule has 0 saturated heterocycles. The Morgan fingerprint density at radius 2 is 1.92 bits per heavy atom. The lowest BCUT2D eigenvalue weighted by Crippen LogP contribution is -2.06. The summed E-state index contributed by atoms with van der Waals surface area (Å²) in [6.45, 7) is 0. The first-order chi connectivity index (χ1) is 11.8. The lowest BCUT2D eigenvalue weighted by atomic mass is 9.99. The standard InChI is InChI=1S/C18H11ClF3NO2/c1-25-17(24)11-6-5-10-3-2-4-13(14(10)7-11)16-15(19)8-12(9-23-16)18(20,21)22/h2-9H,1H3. The molecule has 0 aliphatic rings. The van der Waals surface area contributed by atoms with E-state index in [0.717, 1.165) is 17.6 Å². The molecule has 7 heteroatoms. The van der Waals surface area contributed by atoms with Gasteiger partial charge in [0, 0.05) is 11.8 Å². The number of alkyl halides is 3. The SMILES string of the molecule is COC(=O)c1ccc2cccc(-c3ncc(C(F)(F)F)cc3Cl)c2c1. The van der Waals surface area contributed by atoms with Gasteiger partial charge in [0.05, 0.1) is 29.0 Å². The van der Waals surface area contributed by atoms with Crippen molar-refractivity contribution in [3.8, 4) is 11.3 Å². The van der Waals surface area contributed by atoms with Crippen LogP contribution in [0.1, 0.15) is 15.9 Å². The normalized spacial score (nSPS) is 11.6. The highest BCUT2D eigenvalue weighted by Gasteiger charge is 2.31. The Kier molecular flexibility index (Phi) is 4.39. The molecule has 0 radical (unpaired) electrons. The molecule has 3 aromatic rings. The van der Waals surface area contributed by atoms with Crippen LogP contribution in [-0.4, -0.2) is 18.1 Å². The third-order valence-electron chi connectivity index (χ3n) is 3.73. The van der Waals surface area contributed by atoms with Crippen molar-refractivity contribution in [3.05, 3.63) is 64.8 Å².